The van der Waals surface area contributed by atoms with Crippen LogP contribution < -0.4 is 5.73 Å². The number of hydrogen-bond acceptors (Lipinski definition) is 2. The molecule has 0 aromatic rings. The Balaban J connectivity index is 3.99. The fraction of sp³-hybridized carbons (Fsp3) is 1.00. The molecule has 0 radical (unpaired) electrons. The summed E-state index contributed by atoms with van der Waals surface area (Å²) in [4.78, 5) is 0. The van der Waals surface area contributed by atoms with Crippen LogP contribution in [-0.4, -0.2) is 16.7 Å². The van der Waals surface area contributed by atoms with Gasteiger partial charge in [-0.25, -0.2) is 0 Å². The second-order valence-corrected chi connectivity index (χ2v) is 5.02. The van der Waals surface area contributed by atoms with Gasteiger partial charge in [-0.2, -0.15) is 0 Å². The highest BCUT2D eigenvalue weighted by Gasteiger charge is 2.27. The summed E-state index contributed by atoms with van der Waals surface area (Å²) in [6.07, 6.45) is 0.844. The van der Waals surface area contributed by atoms with Crippen molar-refractivity contribution in [2.24, 2.45) is 11.1 Å². The molecule has 0 aliphatic heterocycles. The minimum absolute atomic E-state index is 0.137. The van der Waals surface area contributed by atoms with Gasteiger partial charge in [0.05, 0.1) is 5.60 Å². The molecular weight excluding hydrogens is 138 g/mol. The molecule has 1 atom stereocenters. The highest BCUT2D eigenvalue weighted by Crippen LogP contribution is 2.24. The topological polar surface area (TPSA) is 46.2 Å². The Morgan fingerprint density at radius 3 is 1.64 bits per heavy atom. The molecule has 0 bridgehead atoms. The molecule has 0 aliphatic rings. The summed E-state index contributed by atoms with van der Waals surface area (Å²) in [5.74, 6) is 0. The first-order valence-corrected chi connectivity index (χ1v) is 4.11. The van der Waals surface area contributed by atoms with Crippen molar-refractivity contribution >= 4 is 0 Å². The second-order valence-electron chi connectivity index (χ2n) is 5.02. The van der Waals surface area contributed by atoms with Gasteiger partial charge in [0, 0.05) is 6.04 Å². The van der Waals surface area contributed by atoms with Crippen LogP contribution in [-0.2, 0) is 0 Å². The average Bonchev–Trinajstić information content (AvgIpc) is 1.56. The largest absolute Gasteiger partial charge is 0.389 e. The van der Waals surface area contributed by atoms with E-state index in [1.54, 1.807) is 13.8 Å². The van der Waals surface area contributed by atoms with Gasteiger partial charge in [-0.05, 0) is 25.7 Å². The van der Waals surface area contributed by atoms with E-state index in [4.69, 9.17) is 5.73 Å². The molecule has 0 aliphatic carbocycles. The third kappa shape index (κ3) is 5.22. The van der Waals surface area contributed by atoms with Crippen molar-refractivity contribution in [1.82, 2.24) is 0 Å². The second kappa shape index (κ2) is 3.11. The van der Waals surface area contributed by atoms with Gasteiger partial charge in [0.25, 0.3) is 0 Å². The number of nitrogens with two attached hydrogens (primary N) is 1. The zero-order valence-corrected chi connectivity index (χ0v) is 8.31. The van der Waals surface area contributed by atoms with Crippen LogP contribution in [0.3, 0.4) is 0 Å². The summed E-state index contributed by atoms with van der Waals surface area (Å²) in [6.45, 7) is 9.88. The van der Waals surface area contributed by atoms with Crippen LogP contribution in [0.4, 0.5) is 0 Å². The quantitative estimate of drug-likeness (QED) is 0.641. The molecule has 2 heteroatoms. The normalized spacial score (nSPS) is 16.6. The average molecular weight is 159 g/mol. The highest BCUT2D eigenvalue weighted by molar-refractivity contribution is 4.84. The zero-order chi connectivity index (χ0) is 9.28. The summed E-state index contributed by atoms with van der Waals surface area (Å²) in [5.41, 5.74) is 5.22. The van der Waals surface area contributed by atoms with Crippen LogP contribution in [0.25, 0.3) is 0 Å². The number of rotatable bonds is 2. The van der Waals surface area contributed by atoms with E-state index in [9.17, 15) is 5.11 Å². The molecule has 0 rings (SSSR count). The molecule has 0 fully saturated rings. The number of aliphatic hydroxyl groups is 1. The first kappa shape index (κ1) is 10.9. The minimum Gasteiger partial charge on any atom is -0.389 e. The van der Waals surface area contributed by atoms with E-state index < -0.39 is 5.60 Å². The molecule has 0 saturated heterocycles. The lowest BCUT2D eigenvalue weighted by Gasteiger charge is -2.31. The van der Waals surface area contributed by atoms with E-state index in [0.29, 0.717) is 0 Å². The SMILES string of the molecule is CC(C)(C)CC(N)C(C)(C)O. The molecule has 0 aromatic heterocycles. The van der Waals surface area contributed by atoms with Crippen molar-refractivity contribution in [3.63, 3.8) is 0 Å². The van der Waals surface area contributed by atoms with Crippen molar-refractivity contribution < 1.29 is 5.11 Å². The Morgan fingerprint density at radius 1 is 1.18 bits per heavy atom. The minimum atomic E-state index is -0.757. The van der Waals surface area contributed by atoms with Gasteiger partial charge < -0.3 is 10.8 Å². The van der Waals surface area contributed by atoms with Gasteiger partial charge in [-0.15, -0.1) is 0 Å². The van der Waals surface area contributed by atoms with Gasteiger partial charge in [-0.1, -0.05) is 20.8 Å². The van der Waals surface area contributed by atoms with Gasteiger partial charge in [0.1, 0.15) is 0 Å². The molecule has 0 heterocycles. The predicted molar refractivity (Wildman–Crippen MR) is 48.3 cm³/mol. The summed E-state index contributed by atoms with van der Waals surface area (Å²) in [7, 11) is 0. The van der Waals surface area contributed by atoms with Crippen LogP contribution in [0.15, 0.2) is 0 Å². The maximum Gasteiger partial charge on any atom is 0.0742 e. The zero-order valence-electron chi connectivity index (χ0n) is 8.31. The van der Waals surface area contributed by atoms with Crippen molar-refractivity contribution in [3.8, 4) is 0 Å². The number of hydrogen-bond donors (Lipinski definition) is 2. The van der Waals surface area contributed by atoms with Crippen molar-refractivity contribution in [1.29, 1.82) is 0 Å². The van der Waals surface area contributed by atoms with Crippen molar-refractivity contribution in [2.75, 3.05) is 0 Å². The van der Waals surface area contributed by atoms with E-state index in [-0.39, 0.29) is 11.5 Å². The van der Waals surface area contributed by atoms with E-state index in [1.807, 2.05) is 0 Å². The molecule has 2 nitrogen and oxygen atoms in total. The summed E-state index contributed by atoms with van der Waals surface area (Å²) >= 11 is 0. The molecule has 0 spiro atoms. The lowest BCUT2D eigenvalue weighted by atomic mass is 9.83. The third-order valence-corrected chi connectivity index (χ3v) is 1.74. The third-order valence-electron chi connectivity index (χ3n) is 1.74. The first-order valence-electron chi connectivity index (χ1n) is 4.11. The summed E-state index contributed by atoms with van der Waals surface area (Å²) in [5, 5.41) is 9.52. The van der Waals surface area contributed by atoms with Gasteiger partial charge >= 0.3 is 0 Å². The van der Waals surface area contributed by atoms with Crippen LogP contribution >= 0.6 is 0 Å². The van der Waals surface area contributed by atoms with Crippen LogP contribution in [0.5, 0.6) is 0 Å². The first-order chi connectivity index (χ1) is 4.63. The maximum atomic E-state index is 9.52. The molecule has 0 saturated carbocycles. The van der Waals surface area contributed by atoms with E-state index in [1.165, 1.54) is 0 Å². The van der Waals surface area contributed by atoms with E-state index >= 15 is 0 Å². The lowest BCUT2D eigenvalue weighted by molar-refractivity contribution is 0.0373. The van der Waals surface area contributed by atoms with Crippen molar-refractivity contribution in [2.45, 2.75) is 52.7 Å². The standard InChI is InChI=1S/C9H21NO/c1-8(2,3)6-7(10)9(4,5)11/h7,11H,6,10H2,1-5H3. The highest BCUT2D eigenvalue weighted by atomic mass is 16.3. The molecular formula is C9H21NO. The van der Waals surface area contributed by atoms with Gasteiger partial charge in [-0.3, -0.25) is 0 Å². The molecule has 0 amide bonds. The monoisotopic (exact) mass is 159 g/mol. The summed E-state index contributed by atoms with van der Waals surface area (Å²) in [6, 6.07) is -0.137. The van der Waals surface area contributed by atoms with Crippen LogP contribution in [0.2, 0.25) is 0 Å². The molecule has 68 valence electrons. The Bertz CT molecular complexity index is 119. The lowest BCUT2D eigenvalue weighted by Crippen LogP contribution is -2.45. The van der Waals surface area contributed by atoms with E-state index in [2.05, 4.69) is 20.8 Å². The van der Waals surface area contributed by atoms with Crippen LogP contribution in [0, 0.1) is 5.41 Å². The molecule has 0 aromatic carbocycles. The van der Waals surface area contributed by atoms with Gasteiger partial charge in [0.15, 0.2) is 0 Å². The fourth-order valence-electron chi connectivity index (χ4n) is 0.910. The Morgan fingerprint density at radius 2 is 1.55 bits per heavy atom. The smallest absolute Gasteiger partial charge is 0.0742 e. The van der Waals surface area contributed by atoms with Gasteiger partial charge in [0.2, 0.25) is 0 Å². The fourth-order valence-corrected chi connectivity index (χ4v) is 0.910. The Kier molecular flexibility index (Phi) is 3.09. The summed E-state index contributed by atoms with van der Waals surface area (Å²) < 4.78 is 0. The predicted octanol–water partition coefficient (Wildman–Crippen LogP) is 1.52. The molecule has 1 unspecified atom stereocenters. The van der Waals surface area contributed by atoms with Crippen molar-refractivity contribution in [3.05, 3.63) is 0 Å². The van der Waals surface area contributed by atoms with E-state index in [0.717, 1.165) is 6.42 Å². The Labute approximate surface area is 69.8 Å². The Hall–Kier alpha value is -0.0800. The molecule has 3 N–H and O–H groups in total. The maximum absolute atomic E-state index is 9.52. The molecule has 11 heavy (non-hydrogen) atoms. The van der Waals surface area contributed by atoms with Crippen LogP contribution in [0.1, 0.15) is 41.0 Å².